The summed E-state index contributed by atoms with van der Waals surface area (Å²) >= 11 is 0. The molecular weight excluding hydrogens is 266 g/mol. The minimum Gasteiger partial charge on any atom is -0.465 e. The number of rotatable bonds is 4. The zero-order valence-corrected chi connectivity index (χ0v) is 14.3. The lowest BCUT2D eigenvalue weighted by atomic mass is 9.77. The summed E-state index contributed by atoms with van der Waals surface area (Å²) in [5.41, 5.74) is -1.63. The van der Waals surface area contributed by atoms with Crippen LogP contribution in [0.3, 0.4) is 0 Å². The van der Waals surface area contributed by atoms with Crippen LogP contribution in [0.1, 0.15) is 73.1 Å². The summed E-state index contributed by atoms with van der Waals surface area (Å²) in [5.74, 6) is -0.161. The minimum atomic E-state index is -0.742. The van der Waals surface area contributed by atoms with Crippen LogP contribution in [0.4, 0.5) is 0 Å². The van der Waals surface area contributed by atoms with E-state index in [1.165, 1.54) is 19.3 Å². The van der Waals surface area contributed by atoms with Gasteiger partial charge in [0.25, 0.3) is 0 Å². The van der Waals surface area contributed by atoms with Crippen LogP contribution in [0.15, 0.2) is 0 Å². The smallest absolute Gasteiger partial charge is 0.329 e. The van der Waals surface area contributed by atoms with Crippen LogP contribution in [0.2, 0.25) is 0 Å². The van der Waals surface area contributed by atoms with Crippen molar-refractivity contribution < 1.29 is 14.3 Å². The van der Waals surface area contributed by atoms with Crippen LogP contribution in [-0.2, 0) is 14.3 Å². The van der Waals surface area contributed by atoms with E-state index in [1.54, 1.807) is 0 Å². The molecule has 0 spiro atoms. The Balaban J connectivity index is 2.28. The highest BCUT2D eigenvalue weighted by Gasteiger charge is 2.63. The molecule has 0 radical (unpaired) electrons. The van der Waals surface area contributed by atoms with E-state index in [1.807, 2.05) is 20.8 Å². The van der Waals surface area contributed by atoms with E-state index in [0.29, 0.717) is 19.1 Å². The maximum absolute atomic E-state index is 12.8. The second-order valence-electron chi connectivity index (χ2n) is 7.65. The Bertz CT molecular complexity index is 385. The molecule has 1 unspecified atom stereocenters. The normalized spacial score (nSPS) is 32.0. The SMILES string of the molecule is CCOC(=O)C1(NC2CCCCC2)CC(C)(C)OC1(C)C. The Morgan fingerprint density at radius 2 is 1.81 bits per heavy atom. The first-order valence-corrected chi connectivity index (χ1v) is 8.37. The number of hydrogen-bond donors (Lipinski definition) is 1. The maximum Gasteiger partial charge on any atom is 0.329 e. The average molecular weight is 297 g/mol. The van der Waals surface area contributed by atoms with Crippen LogP contribution in [0, 0.1) is 0 Å². The maximum atomic E-state index is 12.8. The molecule has 0 amide bonds. The topological polar surface area (TPSA) is 47.6 Å². The largest absolute Gasteiger partial charge is 0.465 e. The fourth-order valence-corrected chi connectivity index (χ4v) is 4.12. The van der Waals surface area contributed by atoms with Gasteiger partial charge in [-0.25, -0.2) is 4.79 Å². The van der Waals surface area contributed by atoms with Gasteiger partial charge in [0.2, 0.25) is 0 Å². The zero-order valence-electron chi connectivity index (χ0n) is 14.3. The molecule has 1 heterocycles. The molecule has 21 heavy (non-hydrogen) atoms. The average Bonchev–Trinajstić information content (AvgIpc) is 2.56. The molecule has 2 aliphatic rings. The molecule has 0 aromatic carbocycles. The summed E-state index contributed by atoms with van der Waals surface area (Å²) < 4.78 is 11.6. The first-order chi connectivity index (χ1) is 9.72. The number of nitrogens with one attached hydrogen (secondary N) is 1. The molecule has 0 bridgehead atoms. The highest BCUT2D eigenvalue weighted by molar-refractivity contribution is 5.83. The fourth-order valence-electron chi connectivity index (χ4n) is 4.12. The molecule has 1 atom stereocenters. The quantitative estimate of drug-likeness (QED) is 0.810. The van der Waals surface area contributed by atoms with Crippen molar-refractivity contribution in [2.45, 2.75) is 95.9 Å². The molecule has 1 saturated carbocycles. The Labute approximate surface area is 129 Å². The molecule has 1 N–H and O–H groups in total. The van der Waals surface area contributed by atoms with Crippen molar-refractivity contribution >= 4 is 5.97 Å². The van der Waals surface area contributed by atoms with Gasteiger partial charge in [-0.2, -0.15) is 0 Å². The summed E-state index contributed by atoms with van der Waals surface area (Å²) in [6.45, 7) is 10.4. The molecule has 0 aromatic heterocycles. The number of carbonyl (C=O) groups excluding carboxylic acids is 1. The summed E-state index contributed by atoms with van der Waals surface area (Å²) in [7, 11) is 0. The predicted octanol–water partition coefficient (Wildman–Crippen LogP) is 3.19. The van der Waals surface area contributed by atoms with Gasteiger partial charge < -0.3 is 9.47 Å². The van der Waals surface area contributed by atoms with Gasteiger partial charge in [-0.05, 0) is 47.5 Å². The van der Waals surface area contributed by atoms with Crippen molar-refractivity contribution in [3.63, 3.8) is 0 Å². The highest BCUT2D eigenvalue weighted by atomic mass is 16.6. The summed E-state index contributed by atoms with van der Waals surface area (Å²) in [6, 6.07) is 0.389. The molecule has 1 saturated heterocycles. The number of esters is 1. The Morgan fingerprint density at radius 1 is 1.19 bits per heavy atom. The first-order valence-electron chi connectivity index (χ1n) is 8.37. The lowest BCUT2D eigenvalue weighted by molar-refractivity contribution is -0.160. The third-order valence-electron chi connectivity index (χ3n) is 4.93. The fraction of sp³-hybridized carbons (Fsp3) is 0.941. The molecule has 2 fully saturated rings. The lowest BCUT2D eigenvalue weighted by Crippen LogP contribution is -2.65. The minimum absolute atomic E-state index is 0.161. The van der Waals surface area contributed by atoms with Crippen LogP contribution in [-0.4, -0.2) is 35.4 Å². The summed E-state index contributed by atoms with van der Waals surface area (Å²) in [6.07, 6.45) is 6.70. The molecular formula is C17H31NO3. The predicted molar refractivity (Wildman–Crippen MR) is 83.2 cm³/mol. The van der Waals surface area contributed by atoms with Gasteiger partial charge in [0.15, 0.2) is 0 Å². The van der Waals surface area contributed by atoms with Gasteiger partial charge in [-0.1, -0.05) is 19.3 Å². The first kappa shape index (κ1) is 16.8. The van der Waals surface area contributed by atoms with Gasteiger partial charge in [-0.15, -0.1) is 0 Å². The molecule has 1 aliphatic heterocycles. The Hall–Kier alpha value is -0.610. The van der Waals surface area contributed by atoms with Crippen molar-refractivity contribution in [1.29, 1.82) is 0 Å². The van der Waals surface area contributed by atoms with E-state index in [-0.39, 0.29) is 11.6 Å². The van der Waals surface area contributed by atoms with Crippen LogP contribution < -0.4 is 5.32 Å². The van der Waals surface area contributed by atoms with Crippen molar-refractivity contribution in [3.8, 4) is 0 Å². The third-order valence-corrected chi connectivity index (χ3v) is 4.93. The summed E-state index contributed by atoms with van der Waals surface area (Å²) in [5, 5.41) is 3.66. The van der Waals surface area contributed by atoms with E-state index in [4.69, 9.17) is 9.47 Å². The monoisotopic (exact) mass is 297 g/mol. The van der Waals surface area contributed by atoms with E-state index >= 15 is 0 Å². The van der Waals surface area contributed by atoms with Gasteiger partial charge in [-0.3, -0.25) is 5.32 Å². The van der Waals surface area contributed by atoms with E-state index < -0.39 is 11.1 Å². The molecule has 4 heteroatoms. The van der Waals surface area contributed by atoms with Gasteiger partial charge in [0.1, 0.15) is 5.54 Å². The van der Waals surface area contributed by atoms with Crippen molar-refractivity contribution in [3.05, 3.63) is 0 Å². The zero-order chi connectivity index (χ0) is 15.7. The third kappa shape index (κ3) is 3.26. The molecule has 122 valence electrons. The molecule has 0 aromatic rings. The van der Waals surface area contributed by atoms with E-state index in [0.717, 1.165) is 12.8 Å². The number of hydrogen-bond acceptors (Lipinski definition) is 4. The molecule has 1 aliphatic carbocycles. The van der Waals surface area contributed by atoms with Crippen LogP contribution in [0.5, 0.6) is 0 Å². The highest BCUT2D eigenvalue weighted by Crippen LogP contribution is 2.46. The van der Waals surface area contributed by atoms with Gasteiger partial charge in [0, 0.05) is 12.5 Å². The second kappa shape index (κ2) is 5.88. The number of ether oxygens (including phenoxy) is 2. The van der Waals surface area contributed by atoms with Crippen molar-refractivity contribution in [2.75, 3.05) is 6.61 Å². The van der Waals surface area contributed by atoms with Crippen molar-refractivity contribution in [1.82, 2.24) is 5.32 Å². The standard InChI is InChI=1S/C17H31NO3/c1-6-20-14(19)17(18-13-10-8-7-9-11-13)12-15(2,3)21-16(17,4)5/h13,18H,6-12H2,1-5H3. The molecule has 4 nitrogen and oxygen atoms in total. The van der Waals surface area contributed by atoms with Gasteiger partial charge in [0.05, 0.1) is 17.8 Å². The number of carbonyl (C=O) groups is 1. The van der Waals surface area contributed by atoms with E-state index in [2.05, 4.69) is 19.2 Å². The Kier molecular flexibility index (Phi) is 4.69. The van der Waals surface area contributed by atoms with Gasteiger partial charge >= 0.3 is 5.97 Å². The second-order valence-corrected chi connectivity index (χ2v) is 7.65. The van der Waals surface area contributed by atoms with Crippen molar-refractivity contribution in [2.24, 2.45) is 0 Å². The molecule has 2 rings (SSSR count). The Morgan fingerprint density at radius 3 is 2.29 bits per heavy atom. The van der Waals surface area contributed by atoms with E-state index in [9.17, 15) is 4.79 Å². The van der Waals surface area contributed by atoms with Crippen LogP contribution >= 0.6 is 0 Å². The van der Waals surface area contributed by atoms with Crippen LogP contribution in [0.25, 0.3) is 0 Å². The lowest BCUT2D eigenvalue weighted by Gasteiger charge is -2.41. The summed E-state index contributed by atoms with van der Waals surface area (Å²) in [4.78, 5) is 12.8.